The molecule has 0 rings (SSSR count). The van der Waals surface area contributed by atoms with Gasteiger partial charge >= 0.3 is 13.8 Å². The minimum absolute atomic E-state index is 0.306. The van der Waals surface area contributed by atoms with E-state index in [2.05, 4.69) is 6.58 Å². The summed E-state index contributed by atoms with van der Waals surface area (Å²) in [5.74, 6) is -0.655. The van der Waals surface area contributed by atoms with Crippen LogP contribution >= 0.6 is 7.82 Å². The van der Waals surface area contributed by atoms with Crippen molar-refractivity contribution in [2.24, 2.45) is 0 Å². The number of esters is 1. The molecule has 7 heteroatoms. The van der Waals surface area contributed by atoms with Crippen molar-refractivity contribution in [1.29, 1.82) is 0 Å². The third-order valence-corrected chi connectivity index (χ3v) is 3.30. The molecule has 0 saturated heterocycles. The molecule has 0 aliphatic heterocycles. The molecular weight excluding hydrogens is 247 g/mol. The van der Waals surface area contributed by atoms with Gasteiger partial charge in [0.1, 0.15) is 11.7 Å². The van der Waals surface area contributed by atoms with E-state index in [1.54, 1.807) is 13.8 Å². The van der Waals surface area contributed by atoms with Gasteiger partial charge in [-0.2, -0.15) is 0 Å². The first-order valence-electron chi connectivity index (χ1n) is 5.30. The maximum atomic E-state index is 11.1. The van der Waals surface area contributed by atoms with Crippen LogP contribution in [0.3, 0.4) is 0 Å². The van der Waals surface area contributed by atoms with Crippen LogP contribution in [0.2, 0.25) is 0 Å². The van der Waals surface area contributed by atoms with Crippen molar-refractivity contribution < 1.29 is 28.4 Å². The Morgan fingerprint density at radius 1 is 1.47 bits per heavy atom. The van der Waals surface area contributed by atoms with Crippen LogP contribution in [0.4, 0.5) is 0 Å². The number of carbonyl (C=O) groups is 1. The second-order valence-corrected chi connectivity index (χ2v) is 4.80. The maximum absolute atomic E-state index is 11.1. The number of hydrogen-bond donors (Lipinski definition) is 2. The third-order valence-electron chi connectivity index (χ3n) is 2.70. The van der Waals surface area contributed by atoms with Gasteiger partial charge in [-0.1, -0.05) is 20.4 Å². The van der Waals surface area contributed by atoms with E-state index in [-0.39, 0.29) is 0 Å². The van der Waals surface area contributed by atoms with E-state index in [4.69, 9.17) is 19.0 Å². The first-order chi connectivity index (χ1) is 7.70. The summed E-state index contributed by atoms with van der Waals surface area (Å²) in [7, 11) is -4.64. The SMILES string of the molecule is C=CC(=O)OC(C)C(CC)(CC)OP(=O)(O)O. The molecular formula is C10H19O6P. The van der Waals surface area contributed by atoms with Crippen molar-refractivity contribution in [3.05, 3.63) is 12.7 Å². The van der Waals surface area contributed by atoms with Gasteiger partial charge in [0.2, 0.25) is 0 Å². The lowest BCUT2D eigenvalue weighted by Crippen LogP contribution is -2.44. The van der Waals surface area contributed by atoms with Crippen molar-refractivity contribution in [1.82, 2.24) is 0 Å². The molecule has 1 unspecified atom stereocenters. The Bertz CT molecular complexity index is 317. The summed E-state index contributed by atoms with van der Waals surface area (Å²) in [5, 5.41) is 0. The lowest BCUT2D eigenvalue weighted by molar-refractivity contribution is -0.156. The maximum Gasteiger partial charge on any atom is 0.470 e. The van der Waals surface area contributed by atoms with E-state index < -0.39 is 25.5 Å². The molecule has 0 bridgehead atoms. The van der Waals surface area contributed by atoms with Crippen molar-refractivity contribution in [2.75, 3.05) is 0 Å². The van der Waals surface area contributed by atoms with Crippen LogP contribution in [0, 0.1) is 0 Å². The van der Waals surface area contributed by atoms with Crippen molar-refractivity contribution in [2.45, 2.75) is 45.3 Å². The highest BCUT2D eigenvalue weighted by Gasteiger charge is 2.41. The Morgan fingerprint density at radius 2 is 1.94 bits per heavy atom. The number of phosphoric acid groups is 1. The normalized spacial score (nSPS) is 14.2. The fourth-order valence-electron chi connectivity index (χ4n) is 1.59. The Morgan fingerprint density at radius 3 is 2.24 bits per heavy atom. The standard InChI is InChI=1S/C10H19O6P/c1-5-9(11)15-8(4)10(6-2,7-3)16-17(12,13)14/h5,8H,1,6-7H2,2-4H3,(H2,12,13,14). The van der Waals surface area contributed by atoms with Gasteiger partial charge in [0.05, 0.1) is 0 Å². The summed E-state index contributed by atoms with van der Waals surface area (Å²) in [6, 6.07) is 0. The van der Waals surface area contributed by atoms with E-state index in [0.29, 0.717) is 12.8 Å². The molecule has 1 atom stereocenters. The number of phosphoric ester groups is 1. The van der Waals surface area contributed by atoms with Gasteiger partial charge in [0.15, 0.2) is 0 Å². The molecule has 0 aromatic rings. The molecule has 17 heavy (non-hydrogen) atoms. The first kappa shape index (κ1) is 16.3. The topological polar surface area (TPSA) is 93.1 Å². The zero-order chi connectivity index (χ0) is 13.7. The fourth-order valence-corrected chi connectivity index (χ4v) is 2.48. The van der Waals surface area contributed by atoms with Gasteiger partial charge in [-0.25, -0.2) is 9.36 Å². The largest absolute Gasteiger partial charge is 0.470 e. The zero-order valence-electron chi connectivity index (χ0n) is 10.3. The smallest absolute Gasteiger partial charge is 0.456 e. The molecule has 0 heterocycles. The highest BCUT2D eigenvalue weighted by molar-refractivity contribution is 7.46. The molecule has 0 fully saturated rings. The fraction of sp³-hybridized carbons (Fsp3) is 0.700. The molecule has 100 valence electrons. The van der Waals surface area contributed by atoms with Crippen LogP contribution < -0.4 is 0 Å². The van der Waals surface area contributed by atoms with Crippen molar-refractivity contribution in [3.8, 4) is 0 Å². The van der Waals surface area contributed by atoms with Gasteiger partial charge in [-0.3, -0.25) is 4.52 Å². The van der Waals surface area contributed by atoms with E-state index >= 15 is 0 Å². The number of hydrogen-bond acceptors (Lipinski definition) is 4. The third kappa shape index (κ3) is 5.00. The monoisotopic (exact) mass is 266 g/mol. The Labute approximate surface area is 101 Å². The minimum Gasteiger partial charge on any atom is -0.456 e. The lowest BCUT2D eigenvalue weighted by Gasteiger charge is -2.36. The molecule has 0 aliphatic rings. The highest BCUT2D eigenvalue weighted by atomic mass is 31.2. The molecule has 0 aliphatic carbocycles. The number of rotatable bonds is 7. The summed E-state index contributed by atoms with van der Waals surface area (Å²) < 4.78 is 20.7. The lowest BCUT2D eigenvalue weighted by atomic mass is 9.92. The van der Waals surface area contributed by atoms with Crippen LogP contribution in [0.1, 0.15) is 33.6 Å². The molecule has 6 nitrogen and oxygen atoms in total. The molecule has 0 saturated carbocycles. The number of carbonyl (C=O) groups excluding carboxylic acids is 1. The van der Waals surface area contributed by atoms with E-state index in [9.17, 15) is 9.36 Å². The van der Waals surface area contributed by atoms with Crippen molar-refractivity contribution >= 4 is 13.8 Å². The van der Waals surface area contributed by atoms with Crippen LogP contribution in [0.15, 0.2) is 12.7 Å². The molecule has 0 aromatic carbocycles. The van der Waals surface area contributed by atoms with Gasteiger partial charge in [0, 0.05) is 6.08 Å². The summed E-state index contributed by atoms with van der Waals surface area (Å²) >= 11 is 0. The molecule has 0 amide bonds. The summed E-state index contributed by atoms with van der Waals surface area (Å²) in [6.45, 7) is 8.20. The highest BCUT2D eigenvalue weighted by Crippen LogP contribution is 2.45. The average molecular weight is 266 g/mol. The molecule has 0 aromatic heterocycles. The van der Waals surface area contributed by atoms with Crippen LogP contribution in [0.25, 0.3) is 0 Å². The first-order valence-corrected chi connectivity index (χ1v) is 6.83. The second-order valence-electron chi connectivity index (χ2n) is 3.64. The summed E-state index contributed by atoms with van der Waals surface area (Å²) in [5.41, 5.74) is -1.20. The quantitative estimate of drug-likeness (QED) is 0.414. The van der Waals surface area contributed by atoms with E-state index in [1.165, 1.54) is 6.92 Å². The molecule has 0 radical (unpaired) electrons. The predicted octanol–water partition coefficient (Wildman–Crippen LogP) is 1.77. The predicted molar refractivity (Wildman–Crippen MR) is 62.2 cm³/mol. The van der Waals surface area contributed by atoms with Gasteiger partial charge < -0.3 is 14.5 Å². The Kier molecular flexibility index (Phi) is 6.05. The number of ether oxygens (including phenoxy) is 1. The van der Waals surface area contributed by atoms with E-state index in [1.807, 2.05) is 0 Å². The van der Waals surface area contributed by atoms with Gasteiger partial charge in [-0.15, -0.1) is 0 Å². The van der Waals surface area contributed by atoms with Crippen molar-refractivity contribution in [3.63, 3.8) is 0 Å². The Balaban J connectivity index is 4.98. The van der Waals surface area contributed by atoms with E-state index in [0.717, 1.165) is 6.08 Å². The average Bonchev–Trinajstić information content (AvgIpc) is 2.24. The molecule has 0 spiro atoms. The minimum atomic E-state index is -4.64. The van der Waals surface area contributed by atoms with Crippen LogP contribution in [0.5, 0.6) is 0 Å². The van der Waals surface area contributed by atoms with Crippen LogP contribution in [-0.4, -0.2) is 27.5 Å². The Hall–Kier alpha value is -0.680. The summed E-state index contributed by atoms with van der Waals surface area (Å²) in [4.78, 5) is 28.8. The zero-order valence-corrected chi connectivity index (χ0v) is 11.1. The summed E-state index contributed by atoms with van der Waals surface area (Å²) in [6.07, 6.45) is 0.820. The molecule has 2 N–H and O–H groups in total. The van der Waals surface area contributed by atoms with Gasteiger partial charge in [0.25, 0.3) is 0 Å². The van der Waals surface area contributed by atoms with Crippen LogP contribution in [-0.2, 0) is 18.6 Å². The van der Waals surface area contributed by atoms with Gasteiger partial charge in [-0.05, 0) is 19.8 Å². The second kappa shape index (κ2) is 6.31.